The molecule has 1 unspecified atom stereocenters. The highest BCUT2D eigenvalue weighted by molar-refractivity contribution is 6.46. The van der Waals surface area contributed by atoms with Crippen molar-refractivity contribution in [3.63, 3.8) is 0 Å². The Kier molecular flexibility index (Phi) is 6.82. The van der Waals surface area contributed by atoms with Crippen molar-refractivity contribution in [2.45, 2.75) is 26.4 Å². The average Bonchev–Trinajstić information content (AvgIpc) is 3.45. The van der Waals surface area contributed by atoms with E-state index in [2.05, 4.69) is 0 Å². The summed E-state index contributed by atoms with van der Waals surface area (Å²) in [4.78, 5) is 27.5. The molecule has 3 aromatic rings. The SMILES string of the molecule is COc1ccc(C2/C(=C(/O)c3ccc(OCC(C)C)cc3)C(=O)C(=O)N2Cc2ccco2)cc1O. The standard InChI is InChI=1S/C27H27NO7/c1-16(2)15-35-19-9-6-17(7-10-19)25(30)23-24(18-8-11-22(33-3)21(29)13-18)28(27(32)26(23)31)14-20-5-4-12-34-20/h4-13,16,24,29-30H,14-15H2,1-3H3/b25-23-. The van der Waals surface area contributed by atoms with Crippen LogP contribution in [0.2, 0.25) is 0 Å². The van der Waals surface area contributed by atoms with Crippen molar-refractivity contribution in [2.75, 3.05) is 13.7 Å². The van der Waals surface area contributed by atoms with Crippen LogP contribution in [0.25, 0.3) is 5.76 Å². The summed E-state index contributed by atoms with van der Waals surface area (Å²) in [5.74, 6) is -0.370. The molecule has 8 nitrogen and oxygen atoms in total. The number of hydrogen-bond donors (Lipinski definition) is 2. The Morgan fingerprint density at radius 3 is 2.46 bits per heavy atom. The fourth-order valence-corrected chi connectivity index (χ4v) is 3.96. The molecule has 1 amide bonds. The number of carbonyl (C=O) groups is 2. The van der Waals surface area contributed by atoms with E-state index in [1.54, 1.807) is 48.5 Å². The predicted octanol–water partition coefficient (Wildman–Crippen LogP) is 4.65. The Morgan fingerprint density at radius 1 is 1.11 bits per heavy atom. The molecule has 35 heavy (non-hydrogen) atoms. The highest BCUT2D eigenvalue weighted by Gasteiger charge is 2.46. The molecule has 0 spiro atoms. The lowest BCUT2D eigenvalue weighted by atomic mass is 9.95. The summed E-state index contributed by atoms with van der Waals surface area (Å²) in [7, 11) is 1.42. The van der Waals surface area contributed by atoms with E-state index in [4.69, 9.17) is 13.9 Å². The maximum Gasteiger partial charge on any atom is 0.296 e. The second kappa shape index (κ2) is 9.97. The van der Waals surface area contributed by atoms with Crippen molar-refractivity contribution in [1.29, 1.82) is 0 Å². The molecule has 0 radical (unpaired) electrons. The zero-order chi connectivity index (χ0) is 25.1. The van der Waals surface area contributed by atoms with Crippen LogP contribution in [-0.4, -0.2) is 40.5 Å². The van der Waals surface area contributed by atoms with Gasteiger partial charge in [0.25, 0.3) is 11.7 Å². The highest BCUT2D eigenvalue weighted by atomic mass is 16.5. The number of aliphatic hydroxyl groups excluding tert-OH is 1. The van der Waals surface area contributed by atoms with Crippen LogP contribution in [0.3, 0.4) is 0 Å². The van der Waals surface area contributed by atoms with E-state index < -0.39 is 17.7 Å². The van der Waals surface area contributed by atoms with Crippen molar-refractivity contribution >= 4 is 17.4 Å². The molecule has 0 bridgehead atoms. The zero-order valence-electron chi connectivity index (χ0n) is 19.7. The van der Waals surface area contributed by atoms with E-state index in [0.29, 0.717) is 35.2 Å². The van der Waals surface area contributed by atoms with Crippen LogP contribution in [0.1, 0.15) is 36.8 Å². The molecule has 1 aliphatic rings. The Morgan fingerprint density at radius 2 is 1.86 bits per heavy atom. The lowest BCUT2D eigenvalue weighted by Gasteiger charge is -2.25. The number of aliphatic hydroxyl groups is 1. The molecule has 182 valence electrons. The van der Waals surface area contributed by atoms with Gasteiger partial charge in [0.15, 0.2) is 11.5 Å². The van der Waals surface area contributed by atoms with Crippen LogP contribution in [0.4, 0.5) is 0 Å². The van der Waals surface area contributed by atoms with Crippen molar-refractivity contribution < 1.29 is 33.7 Å². The van der Waals surface area contributed by atoms with Gasteiger partial charge in [-0.2, -0.15) is 0 Å². The maximum atomic E-state index is 13.1. The van der Waals surface area contributed by atoms with Crippen molar-refractivity contribution in [1.82, 2.24) is 4.90 Å². The molecule has 1 fully saturated rings. The topological polar surface area (TPSA) is 109 Å². The summed E-state index contributed by atoms with van der Waals surface area (Å²) in [5.41, 5.74) is 0.718. The highest BCUT2D eigenvalue weighted by Crippen LogP contribution is 2.42. The Balaban J connectivity index is 1.78. The van der Waals surface area contributed by atoms with Crippen molar-refractivity contribution in [2.24, 2.45) is 5.92 Å². The summed E-state index contributed by atoms with van der Waals surface area (Å²) in [6, 6.07) is 13.7. The second-order valence-electron chi connectivity index (χ2n) is 8.67. The first-order valence-electron chi connectivity index (χ1n) is 11.2. The van der Waals surface area contributed by atoms with Gasteiger partial charge in [0, 0.05) is 5.56 Å². The fraction of sp³-hybridized carbons (Fsp3) is 0.259. The molecule has 0 aliphatic carbocycles. The van der Waals surface area contributed by atoms with Gasteiger partial charge in [0.05, 0.1) is 38.1 Å². The van der Waals surface area contributed by atoms with Crippen molar-refractivity contribution in [3.05, 3.63) is 83.3 Å². The molecule has 1 aliphatic heterocycles. The van der Waals surface area contributed by atoms with Gasteiger partial charge in [-0.25, -0.2) is 0 Å². The first-order chi connectivity index (χ1) is 16.8. The average molecular weight is 478 g/mol. The largest absolute Gasteiger partial charge is 0.507 e. The lowest BCUT2D eigenvalue weighted by molar-refractivity contribution is -0.140. The number of ketones is 1. The Hall–Kier alpha value is -4.20. The Bertz CT molecular complexity index is 1240. The lowest BCUT2D eigenvalue weighted by Crippen LogP contribution is -2.29. The van der Waals surface area contributed by atoms with Gasteiger partial charge in [0.2, 0.25) is 0 Å². The maximum absolute atomic E-state index is 13.1. The third-order valence-corrected chi connectivity index (χ3v) is 5.68. The number of furan rings is 1. The smallest absolute Gasteiger partial charge is 0.296 e. The summed E-state index contributed by atoms with van der Waals surface area (Å²) in [5, 5.41) is 21.6. The number of hydrogen-bond acceptors (Lipinski definition) is 7. The first-order valence-corrected chi connectivity index (χ1v) is 11.2. The molecule has 2 aromatic carbocycles. The van der Waals surface area contributed by atoms with Gasteiger partial charge in [-0.1, -0.05) is 19.9 Å². The molecular formula is C27H27NO7. The number of phenols is 1. The molecule has 1 aromatic heterocycles. The first kappa shape index (κ1) is 23.9. The quantitative estimate of drug-likeness (QED) is 0.276. The molecule has 2 N–H and O–H groups in total. The third-order valence-electron chi connectivity index (χ3n) is 5.68. The van der Waals surface area contributed by atoms with Gasteiger partial charge in [-0.15, -0.1) is 0 Å². The van der Waals surface area contributed by atoms with Crippen LogP contribution in [0, 0.1) is 5.92 Å². The Labute approximate surface area is 203 Å². The number of aromatic hydroxyl groups is 1. The fourth-order valence-electron chi connectivity index (χ4n) is 3.96. The molecule has 2 heterocycles. The van der Waals surface area contributed by atoms with Gasteiger partial charge < -0.3 is 29.0 Å². The second-order valence-corrected chi connectivity index (χ2v) is 8.67. The van der Waals surface area contributed by atoms with Crippen LogP contribution in [0.5, 0.6) is 17.2 Å². The number of likely N-dealkylation sites (tertiary alicyclic amines) is 1. The number of phenolic OH excluding ortho intramolecular Hbond substituents is 1. The molecule has 8 heteroatoms. The predicted molar refractivity (Wildman–Crippen MR) is 128 cm³/mol. The summed E-state index contributed by atoms with van der Waals surface area (Å²) in [6.07, 6.45) is 1.48. The number of amides is 1. The molecular weight excluding hydrogens is 450 g/mol. The number of ether oxygens (including phenoxy) is 2. The third kappa shape index (κ3) is 4.87. The minimum absolute atomic E-state index is 0.00773. The number of carbonyl (C=O) groups excluding carboxylic acids is 2. The van der Waals surface area contributed by atoms with Crippen LogP contribution in [0.15, 0.2) is 70.9 Å². The van der Waals surface area contributed by atoms with E-state index in [1.807, 2.05) is 13.8 Å². The number of rotatable bonds is 8. The minimum atomic E-state index is -0.950. The molecule has 1 saturated heterocycles. The summed E-state index contributed by atoms with van der Waals surface area (Å²) < 4.78 is 16.2. The number of Topliss-reactive ketones (excluding diaryl/α,β-unsaturated/α-hetero) is 1. The van der Waals surface area contributed by atoms with E-state index >= 15 is 0 Å². The van der Waals surface area contributed by atoms with E-state index in [0.717, 1.165) is 0 Å². The zero-order valence-corrected chi connectivity index (χ0v) is 19.7. The minimum Gasteiger partial charge on any atom is -0.507 e. The van der Waals surface area contributed by atoms with Gasteiger partial charge in [0.1, 0.15) is 17.3 Å². The number of nitrogens with zero attached hydrogens (tertiary/aromatic N) is 1. The normalized spacial score (nSPS) is 17.3. The van der Waals surface area contributed by atoms with Gasteiger partial charge >= 0.3 is 0 Å². The van der Waals surface area contributed by atoms with Crippen LogP contribution in [-0.2, 0) is 16.1 Å². The van der Waals surface area contributed by atoms with Gasteiger partial charge in [-0.3, -0.25) is 9.59 Å². The van der Waals surface area contributed by atoms with Crippen LogP contribution >= 0.6 is 0 Å². The summed E-state index contributed by atoms with van der Waals surface area (Å²) in [6.45, 7) is 4.63. The van der Waals surface area contributed by atoms with Gasteiger partial charge in [-0.05, 0) is 60.0 Å². The number of methoxy groups -OCH3 is 1. The molecule has 1 atom stereocenters. The molecule has 0 saturated carbocycles. The molecule has 4 rings (SSSR count). The van der Waals surface area contributed by atoms with E-state index in [9.17, 15) is 19.8 Å². The van der Waals surface area contributed by atoms with Crippen molar-refractivity contribution in [3.8, 4) is 17.2 Å². The number of benzene rings is 2. The van der Waals surface area contributed by atoms with Crippen LogP contribution < -0.4 is 9.47 Å². The summed E-state index contributed by atoms with van der Waals surface area (Å²) >= 11 is 0. The van der Waals surface area contributed by atoms with E-state index in [-0.39, 0.29) is 29.4 Å². The monoisotopic (exact) mass is 477 g/mol. The van der Waals surface area contributed by atoms with E-state index in [1.165, 1.54) is 24.3 Å².